The summed E-state index contributed by atoms with van der Waals surface area (Å²) < 4.78 is 5.04. The van der Waals surface area contributed by atoms with Crippen molar-refractivity contribution in [1.29, 1.82) is 5.26 Å². The molecule has 1 N–H and O–H groups in total. The molecule has 0 aromatic carbocycles. The lowest BCUT2D eigenvalue weighted by molar-refractivity contribution is -0.132. The zero-order chi connectivity index (χ0) is 11.0. The fraction of sp³-hybridized carbons (Fsp3) is 0.400. The fourth-order valence-electron chi connectivity index (χ4n) is 0.850. The van der Waals surface area contributed by atoms with Gasteiger partial charge >= 0.3 is 5.97 Å². The van der Waals surface area contributed by atoms with Gasteiger partial charge < -0.3 is 9.84 Å². The molecular weight excluding hydrogens is 182 g/mol. The third-order valence-corrected chi connectivity index (χ3v) is 1.43. The topological polar surface area (TPSA) is 70.3 Å². The summed E-state index contributed by atoms with van der Waals surface area (Å²) in [5.41, 5.74) is -0.329. The van der Waals surface area contributed by atoms with Gasteiger partial charge in [-0.1, -0.05) is 13.0 Å². The Kier molecular flexibility index (Phi) is 5.88. The van der Waals surface area contributed by atoms with Crippen LogP contribution in [0.4, 0.5) is 0 Å². The Bertz CT molecular complexity index is 297. The van der Waals surface area contributed by atoms with Crippen molar-refractivity contribution in [2.75, 3.05) is 0 Å². The van der Waals surface area contributed by atoms with E-state index in [1.807, 2.05) is 6.92 Å². The fourth-order valence-corrected chi connectivity index (χ4v) is 0.850. The first-order valence-corrected chi connectivity index (χ1v) is 4.31. The molecular formula is C10H13NO3. The van der Waals surface area contributed by atoms with Crippen molar-refractivity contribution in [3.63, 3.8) is 0 Å². The number of nitriles is 1. The number of aliphatic carboxylic acids is 1. The Hall–Kier alpha value is -1.76. The van der Waals surface area contributed by atoms with Crippen LogP contribution < -0.4 is 0 Å². The van der Waals surface area contributed by atoms with Crippen LogP contribution in [-0.4, -0.2) is 11.1 Å². The SMILES string of the molecule is CC=COC(CCC)=C(C#N)C(=O)O. The Morgan fingerprint density at radius 2 is 2.29 bits per heavy atom. The molecule has 0 radical (unpaired) electrons. The van der Waals surface area contributed by atoms with Gasteiger partial charge in [0, 0.05) is 6.42 Å². The maximum absolute atomic E-state index is 10.6. The number of rotatable bonds is 5. The summed E-state index contributed by atoms with van der Waals surface area (Å²) >= 11 is 0. The lowest BCUT2D eigenvalue weighted by Gasteiger charge is -2.05. The van der Waals surface area contributed by atoms with Gasteiger partial charge in [-0.25, -0.2) is 4.79 Å². The first-order valence-electron chi connectivity index (χ1n) is 4.31. The molecule has 0 spiro atoms. The van der Waals surface area contributed by atoms with Crippen molar-refractivity contribution < 1.29 is 14.6 Å². The van der Waals surface area contributed by atoms with Gasteiger partial charge in [0.2, 0.25) is 0 Å². The van der Waals surface area contributed by atoms with E-state index in [9.17, 15) is 4.79 Å². The second-order valence-corrected chi connectivity index (χ2v) is 2.55. The van der Waals surface area contributed by atoms with E-state index in [4.69, 9.17) is 15.1 Å². The van der Waals surface area contributed by atoms with Crippen molar-refractivity contribution in [2.24, 2.45) is 0 Å². The highest BCUT2D eigenvalue weighted by Crippen LogP contribution is 2.13. The third kappa shape index (κ3) is 3.76. The van der Waals surface area contributed by atoms with Crippen LogP contribution in [0, 0.1) is 11.3 Å². The molecule has 0 unspecified atom stereocenters. The molecule has 0 heterocycles. The van der Waals surface area contributed by atoms with Gasteiger partial charge in [0.05, 0.1) is 6.26 Å². The summed E-state index contributed by atoms with van der Waals surface area (Å²) in [4.78, 5) is 10.6. The predicted molar refractivity (Wildman–Crippen MR) is 51.1 cm³/mol. The van der Waals surface area contributed by atoms with Crippen molar-refractivity contribution in [3.8, 4) is 6.07 Å². The van der Waals surface area contributed by atoms with Crippen molar-refractivity contribution in [2.45, 2.75) is 26.7 Å². The van der Waals surface area contributed by atoms with E-state index in [1.54, 1.807) is 19.1 Å². The summed E-state index contributed by atoms with van der Waals surface area (Å²) in [7, 11) is 0. The number of carboxylic acids is 1. The van der Waals surface area contributed by atoms with E-state index in [-0.39, 0.29) is 11.3 Å². The summed E-state index contributed by atoms with van der Waals surface area (Å²) in [6.45, 7) is 3.63. The van der Waals surface area contributed by atoms with Crippen molar-refractivity contribution in [3.05, 3.63) is 23.7 Å². The Morgan fingerprint density at radius 3 is 2.64 bits per heavy atom. The molecule has 0 aliphatic carbocycles. The van der Waals surface area contributed by atoms with Gasteiger partial charge in [-0.3, -0.25) is 0 Å². The van der Waals surface area contributed by atoms with E-state index < -0.39 is 5.97 Å². The lowest BCUT2D eigenvalue weighted by Crippen LogP contribution is -2.04. The highest BCUT2D eigenvalue weighted by atomic mass is 16.5. The maximum Gasteiger partial charge on any atom is 0.349 e. The largest absolute Gasteiger partial charge is 0.477 e. The number of ether oxygens (including phenoxy) is 1. The summed E-state index contributed by atoms with van der Waals surface area (Å²) in [6.07, 6.45) is 4.17. The van der Waals surface area contributed by atoms with Crippen LogP contribution in [0.2, 0.25) is 0 Å². The van der Waals surface area contributed by atoms with Gasteiger partial charge in [-0.05, 0) is 13.3 Å². The minimum absolute atomic E-state index is 0.209. The molecule has 0 atom stereocenters. The smallest absolute Gasteiger partial charge is 0.349 e. The molecule has 0 aromatic rings. The van der Waals surface area contributed by atoms with Gasteiger partial charge in [0.1, 0.15) is 11.8 Å². The number of allylic oxidation sites excluding steroid dienone is 2. The van der Waals surface area contributed by atoms with Crippen LogP contribution in [0.3, 0.4) is 0 Å². The van der Waals surface area contributed by atoms with E-state index >= 15 is 0 Å². The summed E-state index contributed by atoms with van der Waals surface area (Å²) in [6, 6.07) is 1.62. The molecule has 0 aliphatic rings. The van der Waals surface area contributed by atoms with Crippen LogP contribution in [0.1, 0.15) is 26.7 Å². The zero-order valence-electron chi connectivity index (χ0n) is 8.28. The molecule has 4 heteroatoms. The molecule has 0 fully saturated rings. The van der Waals surface area contributed by atoms with E-state index in [0.29, 0.717) is 6.42 Å². The summed E-state index contributed by atoms with van der Waals surface area (Å²) in [5.74, 6) is -1.04. The van der Waals surface area contributed by atoms with Gasteiger partial charge in [0.15, 0.2) is 5.57 Å². The molecule has 0 amide bonds. The first-order chi connectivity index (χ1) is 6.67. The van der Waals surface area contributed by atoms with Crippen LogP contribution in [0.25, 0.3) is 0 Å². The first kappa shape index (κ1) is 12.2. The highest BCUT2D eigenvalue weighted by molar-refractivity contribution is 5.91. The molecule has 0 aromatic heterocycles. The number of carbonyl (C=O) groups is 1. The monoisotopic (exact) mass is 195 g/mol. The number of hydrogen-bond acceptors (Lipinski definition) is 3. The molecule has 0 rings (SSSR count). The number of hydrogen-bond donors (Lipinski definition) is 1. The quantitative estimate of drug-likeness (QED) is 0.414. The Balaban J connectivity index is 4.90. The average Bonchev–Trinajstić information content (AvgIpc) is 2.14. The van der Waals surface area contributed by atoms with Crippen LogP contribution in [0.15, 0.2) is 23.7 Å². The second-order valence-electron chi connectivity index (χ2n) is 2.55. The molecule has 0 saturated heterocycles. The normalized spacial score (nSPS) is 12.1. The zero-order valence-corrected chi connectivity index (χ0v) is 8.28. The van der Waals surface area contributed by atoms with Crippen molar-refractivity contribution >= 4 is 5.97 Å². The standard InChI is InChI=1S/C10H13NO3/c1-3-5-9(14-6-4-2)8(7-11)10(12)13/h4,6H,3,5H2,1-2H3,(H,12,13). The predicted octanol–water partition coefficient (Wildman–Crippen LogP) is 2.20. The van der Waals surface area contributed by atoms with Crippen LogP contribution in [-0.2, 0) is 9.53 Å². The lowest BCUT2D eigenvalue weighted by atomic mass is 10.2. The average molecular weight is 195 g/mol. The second kappa shape index (κ2) is 6.72. The van der Waals surface area contributed by atoms with E-state index in [0.717, 1.165) is 6.42 Å². The number of carboxylic acid groups (broad SMARTS) is 1. The van der Waals surface area contributed by atoms with Crippen molar-refractivity contribution in [1.82, 2.24) is 0 Å². The maximum atomic E-state index is 10.6. The molecule has 0 saturated carbocycles. The molecule has 76 valence electrons. The highest BCUT2D eigenvalue weighted by Gasteiger charge is 2.14. The van der Waals surface area contributed by atoms with E-state index in [1.165, 1.54) is 6.26 Å². The molecule has 0 bridgehead atoms. The number of nitrogens with zero attached hydrogens (tertiary/aromatic N) is 1. The van der Waals surface area contributed by atoms with E-state index in [2.05, 4.69) is 0 Å². The minimum Gasteiger partial charge on any atom is -0.477 e. The Morgan fingerprint density at radius 1 is 1.64 bits per heavy atom. The molecule has 14 heavy (non-hydrogen) atoms. The Labute approximate surface area is 83.1 Å². The van der Waals surface area contributed by atoms with Gasteiger partial charge in [0.25, 0.3) is 0 Å². The molecule has 0 aliphatic heterocycles. The third-order valence-electron chi connectivity index (χ3n) is 1.43. The van der Waals surface area contributed by atoms with Gasteiger partial charge in [-0.15, -0.1) is 0 Å². The van der Waals surface area contributed by atoms with Gasteiger partial charge in [-0.2, -0.15) is 5.26 Å². The molecule has 4 nitrogen and oxygen atoms in total. The van der Waals surface area contributed by atoms with Crippen LogP contribution >= 0.6 is 0 Å². The minimum atomic E-state index is -1.25. The summed E-state index contributed by atoms with van der Waals surface area (Å²) in [5, 5.41) is 17.3. The van der Waals surface area contributed by atoms with Crippen LogP contribution in [0.5, 0.6) is 0 Å².